The molecule has 0 radical (unpaired) electrons. The zero-order chi connectivity index (χ0) is 20.1. The fraction of sp³-hybridized carbons (Fsp3) is 0.0909. The third-order valence-corrected chi connectivity index (χ3v) is 6.08. The number of thiazole rings is 1. The zero-order valence-electron chi connectivity index (χ0n) is 15.1. The second-order valence-electron chi connectivity index (χ2n) is 6.90. The molecule has 6 nitrogen and oxygen atoms in total. The van der Waals surface area contributed by atoms with Crippen molar-refractivity contribution < 1.29 is 19.5 Å². The summed E-state index contributed by atoms with van der Waals surface area (Å²) < 4.78 is 0. The summed E-state index contributed by atoms with van der Waals surface area (Å²) in [5.41, 5.74) is 4.27. The van der Waals surface area contributed by atoms with Crippen molar-refractivity contribution in [3.8, 4) is 10.6 Å². The summed E-state index contributed by atoms with van der Waals surface area (Å²) in [6.45, 7) is 0. The van der Waals surface area contributed by atoms with E-state index in [1.54, 1.807) is 5.38 Å². The lowest BCUT2D eigenvalue weighted by atomic mass is 9.97. The molecule has 0 fully saturated rings. The number of aliphatic hydroxyl groups is 1. The van der Waals surface area contributed by atoms with Crippen LogP contribution in [-0.4, -0.2) is 27.7 Å². The molecule has 2 aromatic carbocycles. The Morgan fingerprint density at radius 2 is 1.69 bits per heavy atom. The van der Waals surface area contributed by atoms with Gasteiger partial charge < -0.3 is 5.11 Å². The van der Waals surface area contributed by atoms with Crippen molar-refractivity contribution in [3.63, 3.8) is 0 Å². The van der Waals surface area contributed by atoms with Crippen LogP contribution >= 0.6 is 11.3 Å². The van der Waals surface area contributed by atoms with Crippen LogP contribution in [0.1, 0.15) is 32.7 Å². The van der Waals surface area contributed by atoms with Crippen LogP contribution in [0.5, 0.6) is 0 Å². The van der Waals surface area contributed by atoms with Gasteiger partial charge >= 0.3 is 0 Å². The zero-order valence-corrected chi connectivity index (χ0v) is 15.9. The van der Waals surface area contributed by atoms with Gasteiger partial charge in [-0.3, -0.25) is 19.7 Å². The molecule has 3 aromatic rings. The minimum absolute atomic E-state index is 0.00662. The summed E-state index contributed by atoms with van der Waals surface area (Å²) in [5, 5.41) is 14.1. The van der Waals surface area contributed by atoms with E-state index in [1.165, 1.54) is 11.3 Å². The monoisotopic (exact) mass is 402 g/mol. The first-order valence-electron chi connectivity index (χ1n) is 9.03. The Hall–Kier alpha value is -3.58. The van der Waals surface area contributed by atoms with Gasteiger partial charge in [0.25, 0.3) is 11.8 Å². The molecule has 1 aliphatic heterocycles. The number of benzene rings is 2. The quantitative estimate of drug-likeness (QED) is 0.642. The SMILES string of the molecule is O=C1NC(=O)C(c2csc(-c3ccc4c(c3)C(=O)c3ccccc3CC4)n2)=C1O. The Morgan fingerprint density at radius 3 is 2.45 bits per heavy atom. The van der Waals surface area contributed by atoms with Crippen molar-refractivity contribution in [3.05, 3.63) is 81.6 Å². The third-order valence-electron chi connectivity index (χ3n) is 5.19. The maximum Gasteiger partial charge on any atom is 0.293 e. The maximum absolute atomic E-state index is 13.1. The number of hydrogen-bond acceptors (Lipinski definition) is 6. The van der Waals surface area contributed by atoms with Gasteiger partial charge in [-0.15, -0.1) is 11.3 Å². The van der Waals surface area contributed by atoms with Crippen LogP contribution in [0.25, 0.3) is 16.1 Å². The van der Waals surface area contributed by atoms with Crippen molar-refractivity contribution in [2.75, 3.05) is 0 Å². The Morgan fingerprint density at radius 1 is 0.931 bits per heavy atom. The molecule has 0 saturated heterocycles. The predicted molar refractivity (Wildman–Crippen MR) is 108 cm³/mol. The lowest BCUT2D eigenvalue weighted by molar-refractivity contribution is -0.124. The van der Waals surface area contributed by atoms with Crippen LogP contribution < -0.4 is 5.32 Å². The average Bonchev–Trinajstić information content (AvgIpc) is 3.26. The number of aliphatic hydroxyl groups excluding tert-OH is 1. The summed E-state index contributed by atoms with van der Waals surface area (Å²) in [6, 6.07) is 13.3. The molecule has 7 heteroatoms. The molecule has 0 atom stereocenters. The van der Waals surface area contributed by atoms with Gasteiger partial charge in [0.05, 0.1) is 5.69 Å². The number of aromatic nitrogens is 1. The minimum Gasteiger partial charge on any atom is -0.502 e. The number of nitrogens with one attached hydrogen (secondary N) is 1. The number of rotatable bonds is 2. The smallest absolute Gasteiger partial charge is 0.293 e. The summed E-state index contributed by atoms with van der Waals surface area (Å²) >= 11 is 1.28. The van der Waals surface area contributed by atoms with Crippen LogP contribution in [0, 0.1) is 0 Å². The van der Waals surface area contributed by atoms with Crippen molar-refractivity contribution in [2.45, 2.75) is 12.8 Å². The van der Waals surface area contributed by atoms with Gasteiger partial charge in [0.2, 0.25) is 0 Å². The highest BCUT2D eigenvalue weighted by Gasteiger charge is 2.32. The number of aryl methyl sites for hydroxylation is 2. The van der Waals surface area contributed by atoms with E-state index < -0.39 is 17.6 Å². The first kappa shape index (κ1) is 17.5. The van der Waals surface area contributed by atoms with Crippen LogP contribution in [-0.2, 0) is 22.4 Å². The normalized spacial score (nSPS) is 15.8. The maximum atomic E-state index is 13.1. The number of carbonyl (C=O) groups is 3. The van der Waals surface area contributed by atoms with Gasteiger partial charge in [0, 0.05) is 22.1 Å². The van der Waals surface area contributed by atoms with Gasteiger partial charge in [0.1, 0.15) is 10.6 Å². The van der Waals surface area contributed by atoms with E-state index in [4.69, 9.17) is 0 Å². The number of fused-ring (bicyclic) bond motifs is 2. The summed E-state index contributed by atoms with van der Waals surface area (Å²) in [6.07, 6.45) is 1.59. The van der Waals surface area contributed by atoms with Gasteiger partial charge in [-0.25, -0.2) is 4.98 Å². The number of hydrogen-bond donors (Lipinski definition) is 2. The molecule has 0 spiro atoms. The van der Waals surface area contributed by atoms with Gasteiger partial charge in [-0.05, 0) is 30.0 Å². The summed E-state index contributed by atoms with van der Waals surface area (Å²) in [7, 11) is 0. The van der Waals surface area contributed by atoms with Gasteiger partial charge in [-0.2, -0.15) is 0 Å². The number of nitrogens with zero attached hydrogens (tertiary/aromatic N) is 1. The molecule has 1 aromatic heterocycles. The standard InChI is InChI=1S/C22H14N2O4S/c25-18-14-4-2-1-3-11(14)5-6-12-7-8-13(9-15(12)18)22-23-16(10-29-22)17-19(26)21(28)24-20(17)27/h1-4,7-10H,5-6H2,(H2,24,26,27,28). The molecule has 2 aliphatic rings. The molecule has 2 heterocycles. The highest BCUT2D eigenvalue weighted by atomic mass is 32.1. The van der Waals surface area contributed by atoms with Gasteiger partial charge in [0.15, 0.2) is 11.5 Å². The van der Waals surface area contributed by atoms with Gasteiger partial charge in [-0.1, -0.05) is 36.4 Å². The number of amides is 2. The van der Waals surface area contributed by atoms with Crippen LogP contribution in [0.3, 0.4) is 0 Å². The van der Waals surface area contributed by atoms with Crippen molar-refractivity contribution in [2.24, 2.45) is 0 Å². The van der Waals surface area contributed by atoms with Crippen molar-refractivity contribution in [1.82, 2.24) is 10.3 Å². The number of imide groups is 1. The number of carbonyl (C=O) groups excluding carboxylic acids is 3. The first-order chi connectivity index (χ1) is 14.0. The topological polar surface area (TPSA) is 96.4 Å². The minimum atomic E-state index is -0.825. The summed E-state index contributed by atoms with van der Waals surface area (Å²) in [4.78, 5) is 40.9. The van der Waals surface area contributed by atoms with E-state index in [9.17, 15) is 19.5 Å². The van der Waals surface area contributed by atoms with Crippen LogP contribution in [0.4, 0.5) is 0 Å². The molecule has 0 bridgehead atoms. The van der Waals surface area contributed by atoms with Crippen LogP contribution in [0.15, 0.2) is 53.6 Å². The Labute approximate surface area is 169 Å². The molecule has 1 aliphatic carbocycles. The molecule has 29 heavy (non-hydrogen) atoms. The van der Waals surface area contributed by atoms with Crippen molar-refractivity contribution in [1.29, 1.82) is 0 Å². The fourth-order valence-electron chi connectivity index (χ4n) is 3.72. The van der Waals surface area contributed by atoms with E-state index in [1.807, 2.05) is 47.8 Å². The van der Waals surface area contributed by atoms with E-state index in [0.717, 1.165) is 35.1 Å². The molecular weight excluding hydrogens is 388 g/mol. The van der Waals surface area contributed by atoms with E-state index in [0.29, 0.717) is 10.6 Å². The number of ketones is 1. The Balaban J connectivity index is 1.56. The fourth-order valence-corrected chi connectivity index (χ4v) is 4.53. The molecular formula is C22H14N2O4S. The van der Waals surface area contributed by atoms with E-state index >= 15 is 0 Å². The average molecular weight is 402 g/mol. The molecule has 0 saturated carbocycles. The second kappa shape index (κ2) is 6.49. The Kier molecular flexibility index (Phi) is 3.92. The molecule has 5 rings (SSSR count). The molecule has 2 amide bonds. The summed E-state index contributed by atoms with van der Waals surface area (Å²) in [5.74, 6) is -2.12. The molecule has 0 unspecified atom stereocenters. The van der Waals surface area contributed by atoms with Crippen LogP contribution in [0.2, 0.25) is 0 Å². The lowest BCUT2D eigenvalue weighted by Crippen LogP contribution is -2.22. The predicted octanol–water partition coefficient (Wildman–Crippen LogP) is 3.07. The highest BCUT2D eigenvalue weighted by Crippen LogP contribution is 2.32. The van der Waals surface area contributed by atoms with E-state index in [2.05, 4.69) is 4.98 Å². The van der Waals surface area contributed by atoms with E-state index in [-0.39, 0.29) is 17.1 Å². The lowest BCUT2D eigenvalue weighted by Gasteiger charge is -2.07. The Bertz CT molecular complexity index is 1260. The van der Waals surface area contributed by atoms with Crippen molar-refractivity contribution >= 4 is 34.5 Å². The highest BCUT2D eigenvalue weighted by molar-refractivity contribution is 7.13. The molecule has 2 N–H and O–H groups in total. The molecule has 142 valence electrons. The second-order valence-corrected chi connectivity index (χ2v) is 7.76. The first-order valence-corrected chi connectivity index (χ1v) is 9.91. The third kappa shape index (κ3) is 2.78. The largest absolute Gasteiger partial charge is 0.502 e.